The molecule has 9 heteroatoms. The molecule has 0 radical (unpaired) electrons. The van der Waals surface area contributed by atoms with Crippen LogP contribution in [0.2, 0.25) is 0 Å². The van der Waals surface area contributed by atoms with Crippen LogP contribution in [-0.2, 0) is 13.2 Å². The van der Waals surface area contributed by atoms with Crippen LogP contribution in [0.1, 0.15) is 33.4 Å². The molecule has 0 bridgehead atoms. The van der Waals surface area contributed by atoms with Gasteiger partial charge in [-0.25, -0.2) is 9.97 Å². The number of ether oxygens (including phenoxy) is 1. The Morgan fingerprint density at radius 2 is 1.94 bits per heavy atom. The first-order valence-electron chi connectivity index (χ1n) is 10.3. The minimum Gasteiger partial charge on any atom is -0.459 e. The highest BCUT2D eigenvalue weighted by Crippen LogP contribution is 2.31. The Morgan fingerprint density at radius 1 is 1.09 bits per heavy atom. The molecule has 0 fully saturated rings. The SMILES string of the molecule is Cc1cc2sc(C(C#N)c3ccnc(OCc4ccc(Cn5cccn5)cc4)n3)nc2cn1. The van der Waals surface area contributed by atoms with Crippen molar-refractivity contribution in [1.29, 1.82) is 5.26 Å². The van der Waals surface area contributed by atoms with Crippen LogP contribution in [0.15, 0.2) is 67.3 Å². The molecule has 0 saturated heterocycles. The van der Waals surface area contributed by atoms with Crippen LogP contribution in [0.5, 0.6) is 6.01 Å². The lowest BCUT2D eigenvalue weighted by Gasteiger charge is -2.09. The Bertz CT molecular complexity index is 1420. The van der Waals surface area contributed by atoms with Gasteiger partial charge in [0.05, 0.1) is 34.7 Å². The monoisotopic (exact) mass is 453 g/mol. The Labute approximate surface area is 194 Å². The molecule has 33 heavy (non-hydrogen) atoms. The quantitative estimate of drug-likeness (QED) is 0.363. The molecule has 5 aromatic rings. The molecule has 1 atom stereocenters. The van der Waals surface area contributed by atoms with Gasteiger partial charge in [0.25, 0.3) is 0 Å². The highest BCUT2D eigenvalue weighted by molar-refractivity contribution is 7.18. The summed E-state index contributed by atoms with van der Waals surface area (Å²) in [6.07, 6.45) is 7.03. The molecule has 0 aliphatic rings. The second-order valence-corrected chi connectivity index (χ2v) is 8.54. The van der Waals surface area contributed by atoms with Crippen LogP contribution in [-0.4, -0.2) is 29.7 Å². The van der Waals surface area contributed by atoms with Crippen LogP contribution in [0.4, 0.5) is 0 Å². The van der Waals surface area contributed by atoms with E-state index in [1.807, 2.05) is 54.2 Å². The summed E-state index contributed by atoms with van der Waals surface area (Å²) in [5.41, 5.74) is 4.40. The Kier molecular flexibility index (Phi) is 5.74. The average molecular weight is 454 g/mol. The molecule has 0 aliphatic heterocycles. The van der Waals surface area contributed by atoms with Crippen molar-refractivity contribution in [2.75, 3.05) is 0 Å². The fraction of sp³-hybridized carbons (Fsp3) is 0.167. The molecule has 1 aromatic carbocycles. The standard InChI is InChI=1S/C24H19N7OS/c1-16-11-22-21(13-27-16)29-23(33-22)19(12-25)20-7-9-26-24(30-20)32-15-18-5-3-17(4-6-18)14-31-10-2-8-28-31/h2-11,13,19H,14-15H2,1H3. The van der Waals surface area contributed by atoms with E-state index in [9.17, 15) is 5.26 Å². The zero-order chi connectivity index (χ0) is 22.6. The van der Waals surface area contributed by atoms with Crippen molar-refractivity contribution in [3.63, 3.8) is 0 Å². The lowest BCUT2D eigenvalue weighted by atomic mass is 10.1. The predicted octanol–water partition coefficient (Wildman–Crippen LogP) is 4.27. The van der Waals surface area contributed by atoms with Gasteiger partial charge in [0.15, 0.2) is 0 Å². The van der Waals surface area contributed by atoms with Gasteiger partial charge in [0, 0.05) is 24.3 Å². The van der Waals surface area contributed by atoms with Gasteiger partial charge in [-0.15, -0.1) is 11.3 Å². The van der Waals surface area contributed by atoms with Gasteiger partial charge in [-0.1, -0.05) is 24.3 Å². The Hall–Kier alpha value is -4.16. The van der Waals surface area contributed by atoms with Crippen LogP contribution in [0.25, 0.3) is 10.2 Å². The van der Waals surface area contributed by atoms with E-state index in [0.717, 1.165) is 33.6 Å². The summed E-state index contributed by atoms with van der Waals surface area (Å²) in [5.74, 6) is -0.602. The Morgan fingerprint density at radius 3 is 2.73 bits per heavy atom. The molecule has 0 spiro atoms. The summed E-state index contributed by atoms with van der Waals surface area (Å²) < 4.78 is 8.68. The molecule has 0 aliphatic carbocycles. The molecular weight excluding hydrogens is 434 g/mol. The number of benzene rings is 1. The summed E-state index contributed by atoms with van der Waals surface area (Å²) in [5, 5.41) is 14.7. The average Bonchev–Trinajstić information content (AvgIpc) is 3.49. The minimum atomic E-state index is -0.602. The normalized spacial score (nSPS) is 11.9. The first kappa shape index (κ1) is 20.7. The van der Waals surface area contributed by atoms with Gasteiger partial charge in [0.2, 0.25) is 0 Å². The number of hydrogen-bond acceptors (Lipinski definition) is 8. The van der Waals surface area contributed by atoms with Crippen LogP contribution < -0.4 is 4.74 Å². The number of pyridine rings is 1. The maximum Gasteiger partial charge on any atom is 0.316 e. The van der Waals surface area contributed by atoms with E-state index >= 15 is 0 Å². The summed E-state index contributed by atoms with van der Waals surface area (Å²) in [6, 6.07) is 16.3. The summed E-state index contributed by atoms with van der Waals surface area (Å²) in [6.45, 7) is 2.98. The van der Waals surface area contributed by atoms with E-state index < -0.39 is 5.92 Å². The van der Waals surface area contributed by atoms with Gasteiger partial charge in [-0.3, -0.25) is 9.67 Å². The van der Waals surface area contributed by atoms with Gasteiger partial charge in [-0.2, -0.15) is 15.3 Å². The number of aryl methyl sites for hydroxylation is 1. The number of thiazole rings is 1. The third kappa shape index (κ3) is 4.71. The topological polar surface area (TPSA) is 102 Å². The van der Waals surface area contributed by atoms with Crippen molar-refractivity contribution >= 4 is 21.6 Å². The zero-order valence-electron chi connectivity index (χ0n) is 17.8. The van der Waals surface area contributed by atoms with Gasteiger partial charge >= 0.3 is 6.01 Å². The van der Waals surface area contributed by atoms with E-state index in [1.54, 1.807) is 24.7 Å². The largest absolute Gasteiger partial charge is 0.459 e. The van der Waals surface area contributed by atoms with Gasteiger partial charge in [0.1, 0.15) is 17.5 Å². The molecule has 4 aromatic heterocycles. The molecule has 8 nitrogen and oxygen atoms in total. The van der Waals surface area contributed by atoms with E-state index in [1.165, 1.54) is 11.3 Å². The Balaban J connectivity index is 1.28. The van der Waals surface area contributed by atoms with Crippen LogP contribution in [0, 0.1) is 18.3 Å². The molecule has 1 unspecified atom stereocenters. The zero-order valence-corrected chi connectivity index (χ0v) is 18.6. The number of fused-ring (bicyclic) bond motifs is 1. The third-order valence-corrected chi connectivity index (χ3v) is 6.13. The smallest absolute Gasteiger partial charge is 0.316 e. The molecule has 0 saturated carbocycles. The van der Waals surface area contributed by atoms with Crippen LogP contribution in [0.3, 0.4) is 0 Å². The first-order chi connectivity index (χ1) is 16.2. The second kappa shape index (κ2) is 9.14. The minimum absolute atomic E-state index is 0.229. The molecule has 162 valence electrons. The molecular formula is C24H19N7OS. The van der Waals surface area contributed by atoms with Crippen molar-refractivity contribution < 1.29 is 4.74 Å². The van der Waals surface area contributed by atoms with E-state index in [4.69, 9.17) is 4.74 Å². The second-order valence-electron chi connectivity index (χ2n) is 7.48. The van der Waals surface area contributed by atoms with E-state index in [-0.39, 0.29) is 6.01 Å². The lowest BCUT2D eigenvalue weighted by molar-refractivity contribution is 0.279. The number of nitriles is 1. The number of nitrogens with zero attached hydrogens (tertiary/aromatic N) is 7. The van der Waals surface area contributed by atoms with Gasteiger partial charge in [-0.05, 0) is 36.2 Å². The fourth-order valence-electron chi connectivity index (χ4n) is 3.37. The maximum absolute atomic E-state index is 9.82. The third-order valence-electron chi connectivity index (χ3n) is 5.05. The van der Waals surface area contributed by atoms with Crippen molar-refractivity contribution in [2.45, 2.75) is 26.0 Å². The molecule has 4 heterocycles. The molecule has 5 rings (SSSR count). The fourth-order valence-corrected chi connectivity index (χ4v) is 4.47. The van der Waals surface area contributed by atoms with Crippen molar-refractivity contribution in [3.8, 4) is 12.1 Å². The van der Waals surface area contributed by atoms with E-state index in [0.29, 0.717) is 17.3 Å². The predicted molar refractivity (Wildman–Crippen MR) is 124 cm³/mol. The van der Waals surface area contributed by atoms with Crippen LogP contribution >= 0.6 is 11.3 Å². The molecule has 0 amide bonds. The molecule has 0 N–H and O–H groups in total. The van der Waals surface area contributed by atoms with Crippen molar-refractivity contribution in [2.24, 2.45) is 0 Å². The number of hydrogen-bond donors (Lipinski definition) is 0. The first-order valence-corrected chi connectivity index (χ1v) is 11.1. The van der Waals surface area contributed by atoms with Crippen molar-refractivity contribution in [1.82, 2.24) is 29.7 Å². The van der Waals surface area contributed by atoms with Gasteiger partial charge < -0.3 is 4.74 Å². The maximum atomic E-state index is 9.82. The summed E-state index contributed by atoms with van der Waals surface area (Å²) in [7, 11) is 0. The highest BCUT2D eigenvalue weighted by atomic mass is 32.1. The highest BCUT2D eigenvalue weighted by Gasteiger charge is 2.21. The summed E-state index contributed by atoms with van der Waals surface area (Å²) >= 11 is 1.48. The van der Waals surface area contributed by atoms with E-state index in [2.05, 4.69) is 31.1 Å². The number of aromatic nitrogens is 6. The number of rotatable bonds is 7. The van der Waals surface area contributed by atoms with Crippen molar-refractivity contribution in [3.05, 3.63) is 94.8 Å². The summed E-state index contributed by atoms with van der Waals surface area (Å²) in [4.78, 5) is 17.5. The lowest BCUT2D eigenvalue weighted by Crippen LogP contribution is -2.05.